The van der Waals surface area contributed by atoms with Crippen LogP contribution in [0, 0.1) is 5.82 Å². The molecule has 1 heterocycles. The first-order valence-corrected chi connectivity index (χ1v) is 7.44. The molecule has 0 unspecified atom stereocenters. The summed E-state index contributed by atoms with van der Waals surface area (Å²) >= 11 is 3.46. The summed E-state index contributed by atoms with van der Waals surface area (Å²) in [7, 11) is 0. The lowest BCUT2D eigenvalue weighted by molar-refractivity contribution is 0.626. The van der Waals surface area contributed by atoms with Crippen LogP contribution in [0.5, 0.6) is 0 Å². The highest BCUT2D eigenvalue weighted by Crippen LogP contribution is 2.23. The number of halogens is 1. The quantitative estimate of drug-likeness (QED) is 0.669. The molecule has 0 fully saturated rings. The molecule has 0 aliphatic rings. The third-order valence-electron chi connectivity index (χ3n) is 2.19. The molecule has 18 heavy (non-hydrogen) atoms. The molecule has 0 spiro atoms. The molecule has 1 aromatic carbocycles. The van der Waals surface area contributed by atoms with Gasteiger partial charge in [-0.05, 0) is 36.4 Å². The van der Waals surface area contributed by atoms with Crippen molar-refractivity contribution in [3.63, 3.8) is 0 Å². The predicted molar refractivity (Wildman–Crippen MR) is 76.5 cm³/mol. The zero-order chi connectivity index (χ0) is 12.8. The first-order valence-electron chi connectivity index (χ1n) is 5.47. The van der Waals surface area contributed by atoms with Gasteiger partial charge in [0.05, 0.1) is 0 Å². The Bertz CT molecular complexity index is 438. The fourth-order valence-corrected chi connectivity index (χ4v) is 3.09. The number of hydrogen-bond donors (Lipinski definition) is 1. The first-order chi connectivity index (χ1) is 8.74. The lowest BCUT2D eigenvalue weighted by Gasteiger charge is -2.02. The Morgan fingerprint density at radius 1 is 0.944 bits per heavy atom. The Morgan fingerprint density at radius 2 is 1.56 bits per heavy atom. The van der Waals surface area contributed by atoms with Crippen molar-refractivity contribution in [2.45, 2.75) is 9.79 Å². The molecule has 0 saturated carbocycles. The number of nitrogen functional groups attached to an aromatic ring is 1. The summed E-state index contributed by atoms with van der Waals surface area (Å²) in [5.41, 5.74) is 5.51. The number of thioether (sulfide) groups is 2. The van der Waals surface area contributed by atoms with Gasteiger partial charge in [0, 0.05) is 27.5 Å². The van der Waals surface area contributed by atoms with E-state index in [9.17, 15) is 4.39 Å². The van der Waals surface area contributed by atoms with Gasteiger partial charge in [-0.15, -0.1) is 23.5 Å². The second-order valence-corrected chi connectivity index (χ2v) is 5.91. The number of benzene rings is 1. The van der Waals surface area contributed by atoms with Gasteiger partial charge in [-0.2, -0.15) is 0 Å². The van der Waals surface area contributed by atoms with Crippen LogP contribution in [0.1, 0.15) is 0 Å². The highest BCUT2D eigenvalue weighted by molar-refractivity contribution is 8.03. The third-order valence-corrected chi connectivity index (χ3v) is 4.45. The van der Waals surface area contributed by atoms with Crippen LogP contribution in [-0.2, 0) is 0 Å². The fourth-order valence-electron chi connectivity index (χ4n) is 1.33. The van der Waals surface area contributed by atoms with Crippen molar-refractivity contribution in [2.75, 3.05) is 17.2 Å². The summed E-state index contributed by atoms with van der Waals surface area (Å²) in [4.78, 5) is 6.24. The van der Waals surface area contributed by atoms with E-state index >= 15 is 0 Å². The first kappa shape index (κ1) is 13.2. The molecule has 0 radical (unpaired) electrons. The number of aromatic nitrogens is 1. The van der Waals surface area contributed by atoms with Crippen LogP contribution in [0.15, 0.2) is 52.4 Å². The molecule has 2 N–H and O–H groups in total. The van der Waals surface area contributed by atoms with Crippen molar-refractivity contribution in [3.8, 4) is 0 Å². The van der Waals surface area contributed by atoms with Crippen LogP contribution in [-0.4, -0.2) is 16.5 Å². The second kappa shape index (κ2) is 6.66. The Morgan fingerprint density at radius 3 is 2.17 bits per heavy atom. The van der Waals surface area contributed by atoms with Gasteiger partial charge < -0.3 is 5.73 Å². The van der Waals surface area contributed by atoms with Crippen LogP contribution in [0.2, 0.25) is 0 Å². The monoisotopic (exact) mass is 280 g/mol. The van der Waals surface area contributed by atoms with E-state index in [0.717, 1.165) is 21.3 Å². The van der Waals surface area contributed by atoms with Crippen LogP contribution in [0.3, 0.4) is 0 Å². The van der Waals surface area contributed by atoms with Crippen molar-refractivity contribution >= 4 is 29.3 Å². The van der Waals surface area contributed by atoms with E-state index in [4.69, 9.17) is 5.73 Å². The molecule has 0 saturated heterocycles. The summed E-state index contributed by atoms with van der Waals surface area (Å²) in [6.45, 7) is 0. The van der Waals surface area contributed by atoms with Crippen molar-refractivity contribution in [3.05, 3.63) is 48.4 Å². The van der Waals surface area contributed by atoms with E-state index in [1.165, 1.54) is 12.1 Å². The van der Waals surface area contributed by atoms with Crippen molar-refractivity contribution in [1.29, 1.82) is 0 Å². The molecule has 0 aliphatic carbocycles. The van der Waals surface area contributed by atoms with Crippen molar-refractivity contribution < 1.29 is 4.39 Å². The maximum atomic E-state index is 12.7. The average molecular weight is 280 g/mol. The van der Waals surface area contributed by atoms with Gasteiger partial charge in [-0.25, -0.2) is 9.37 Å². The highest BCUT2D eigenvalue weighted by atomic mass is 32.2. The van der Waals surface area contributed by atoms with Crippen LogP contribution in [0.25, 0.3) is 0 Å². The molecule has 94 valence electrons. The number of hydrogen-bond acceptors (Lipinski definition) is 4. The average Bonchev–Trinajstić information content (AvgIpc) is 2.39. The van der Waals surface area contributed by atoms with Crippen molar-refractivity contribution in [1.82, 2.24) is 4.98 Å². The van der Waals surface area contributed by atoms with E-state index in [1.807, 2.05) is 6.07 Å². The lowest BCUT2D eigenvalue weighted by Crippen LogP contribution is -1.89. The number of nitrogens with two attached hydrogens (primary N) is 1. The Labute approximate surface area is 114 Å². The SMILES string of the molecule is Nc1ccc(SCCSc2ccc(F)cc2)cn1. The standard InChI is InChI=1S/C13H13FN2S2/c14-10-1-3-11(4-2-10)17-7-8-18-12-5-6-13(15)16-9-12/h1-6,9H,7-8H2,(H2,15,16). The van der Waals surface area contributed by atoms with Crippen molar-refractivity contribution in [2.24, 2.45) is 0 Å². The van der Waals surface area contributed by atoms with Gasteiger partial charge in [0.15, 0.2) is 0 Å². The molecule has 0 atom stereocenters. The largest absolute Gasteiger partial charge is 0.384 e. The van der Waals surface area contributed by atoms with E-state index in [2.05, 4.69) is 4.98 Å². The number of nitrogens with zero attached hydrogens (tertiary/aromatic N) is 1. The molecular formula is C13H13FN2S2. The zero-order valence-corrected chi connectivity index (χ0v) is 11.3. The fraction of sp³-hybridized carbons (Fsp3) is 0.154. The molecule has 0 amide bonds. The lowest BCUT2D eigenvalue weighted by atomic mass is 10.4. The van der Waals surface area contributed by atoms with Gasteiger partial charge in [-0.3, -0.25) is 0 Å². The van der Waals surface area contributed by atoms with Gasteiger partial charge >= 0.3 is 0 Å². The van der Waals surface area contributed by atoms with E-state index in [0.29, 0.717) is 5.82 Å². The Kier molecular flexibility index (Phi) is 4.90. The minimum atomic E-state index is -0.193. The van der Waals surface area contributed by atoms with Gasteiger partial charge in [0.1, 0.15) is 11.6 Å². The molecule has 2 aromatic rings. The highest BCUT2D eigenvalue weighted by Gasteiger charge is 1.97. The minimum absolute atomic E-state index is 0.193. The van der Waals surface area contributed by atoms with E-state index in [1.54, 1.807) is 47.9 Å². The van der Waals surface area contributed by atoms with E-state index in [-0.39, 0.29) is 5.82 Å². The molecule has 0 aliphatic heterocycles. The number of pyridine rings is 1. The smallest absolute Gasteiger partial charge is 0.123 e. The second-order valence-electron chi connectivity index (χ2n) is 3.57. The number of anilines is 1. The maximum absolute atomic E-state index is 12.7. The summed E-state index contributed by atoms with van der Waals surface area (Å²) in [5.74, 6) is 2.30. The predicted octanol–water partition coefficient (Wildman–Crippen LogP) is 3.69. The van der Waals surface area contributed by atoms with Crippen LogP contribution >= 0.6 is 23.5 Å². The van der Waals surface area contributed by atoms with Crippen LogP contribution in [0.4, 0.5) is 10.2 Å². The summed E-state index contributed by atoms with van der Waals surface area (Å²) in [6, 6.07) is 10.3. The molecular weight excluding hydrogens is 267 g/mol. The van der Waals surface area contributed by atoms with Gasteiger partial charge in [0.25, 0.3) is 0 Å². The molecule has 5 heteroatoms. The molecule has 0 bridgehead atoms. The van der Waals surface area contributed by atoms with Gasteiger partial charge in [0.2, 0.25) is 0 Å². The Hall–Kier alpha value is -1.20. The summed E-state index contributed by atoms with van der Waals surface area (Å²) in [6.07, 6.45) is 1.78. The minimum Gasteiger partial charge on any atom is -0.384 e. The van der Waals surface area contributed by atoms with E-state index < -0.39 is 0 Å². The maximum Gasteiger partial charge on any atom is 0.123 e. The topological polar surface area (TPSA) is 38.9 Å². The zero-order valence-electron chi connectivity index (χ0n) is 9.67. The van der Waals surface area contributed by atoms with Crippen LogP contribution < -0.4 is 5.73 Å². The third kappa shape index (κ3) is 4.23. The normalized spacial score (nSPS) is 10.5. The Balaban J connectivity index is 1.73. The molecule has 2 nitrogen and oxygen atoms in total. The molecule has 1 aromatic heterocycles. The molecule has 2 rings (SSSR count). The van der Waals surface area contributed by atoms with Gasteiger partial charge in [-0.1, -0.05) is 0 Å². The summed E-state index contributed by atoms with van der Waals surface area (Å²) < 4.78 is 12.7. The number of rotatable bonds is 5. The summed E-state index contributed by atoms with van der Waals surface area (Å²) in [5, 5.41) is 0.